The third-order valence-electron chi connectivity index (χ3n) is 4.79. The number of aliphatic hydroxyl groups excluding tert-OH is 1. The number of nitrogens with zero attached hydrogens (tertiary/aromatic N) is 3. The zero-order chi connectivity index (χ0) is 17.9. The molecule has 0 saturated heterocycles. The maximum Gasteiger partial charge on any atom is 0.335 e. The maximum atomic E-state index is 11.3. The molecule has 7 nitrogen and oxygen atoms in total. The first-order valence-electron chi connectivity index (χ1n) is 8.62. The lowest BCUT2D eigenvalue weighted by molar-refractivity contribution is 0.0180. The molecule has 0 aliphatic heterocycles. The summed E-state index contributed by atoms with van der Waals surface area (Å²) in [5, 5.41) is 37.9. The van der Waals surface area contributed by atoms with Crippen LogP contribution in [0.5, 0.6) is 0 Å². The molecule has 1 aromatic carbocycles. The van der Waals surface area contributed by atoms with Gasteiger partial charge in [-0.25, -0.2) is 9.48 Å². The minimum atomic E-state index is -1.13. The van der Waals surface area contributed by atoms with Crippen LogP contribution < -0.4 is 0 Å². The van der Waals surface area contributed by atoms with E-state index in [9.17, 15) is 15.0 Å². The molecule has 1 unspecified atom stereocenters. The molecule has 1 aromatic heterocycles. The van der Waals surface area contributed by atoms with Crippen molar-refractivity contribution in [3.63, 3.8) is 0 Å². The number of hydrogen-bond acceptors (Lipinski definition) is 5. The Labute approximate surface area is 145 Å². The first-order chi connectivity index (χ1) is 12.0. The lowest BCUT2D eigenvalue weighted by Gasteiger charge is -2.29. The molecule has 0 fully saturated rings. The van der Waals surface area contributed by atoms with Crippen molar-refractivity contribution >= 4 is 5.97 Å². The molecule has 0 bridgehead atoms. The van der Waals surface area contributed by atoms with Crippen LogP contribution in [0, 0.1) is 0 Å². The van der Waals surface area contributed by atoms with Crippen LogP contribution in [0.3, 0.4) is 0 Å². The number of carboxylic acids is 1. The molecule has 3 rings (SSSR count). The maximum absolute atomic E-state index is 11.3. The zero-order valence-electron chi connectivity index (χ0n) is 14.1. The van der Waals surface area contributed by atoms with E-state index in [1.165, 1.54) is 0 Å². The summed E-state index contributed by atoms with van der Waals surface area (Å²) in [6, 6.07) is 6.57. The van der Waals surface area contributed by atoms with Crippen LogP contribution in [-0.4, -0.2) is 42.9 Å². The standard InChI is InChI=1S/C18H23N3O4/c22-11-10-21-15-4-2-1-3-9-18(25,16(15)19-20-21)12-13-5-7-14(8-6-13)17(23)24/h5-8,22,25H,1-4,9-12H2,(H,23,24). The number of hydrogen-bond donors (Lipinski definition) is 3. The topological polar surface area (TPSA) is 108 Å². The number of carboxylic acid groups (broad SMARTS) is 1. The van der Waals surface area contributed by atoms with Crippen molar-refractivity contribution in [1.82, 2.24) is 15.0 Å². The molecule has 25 heavy (non-hydrogen) atoms. The molecule has 1 atom stereocenters. The lowest BCUT2D eigenvalue weighted by Crippen LogP contribution is -2.32. The summed E-state index contributed by atoms with van der Waals surface area (Å²) in [4.78, 5) is 11.0. The van der Waals surface area contributed by atoms with Crippen LogP contribution in [0.4, 0.5) is 0 Å². The summed E-state index contributed by atoms with van der Waals surface area (Å²) in [7, 11) is 0. The third-order valence-corrected chi connectivity index (χ3v) is 4.79. The van der Waals surface area contributed by atoms with Gasteiger partial charge in [-0.05, 0) is 37.0 Å². The van der Waals surface area contributed by atoms with Gasteiger partial charge in [0.2, 0.25) is 0 Å². The SMILES string of the molecule is O=C(O)c1ccc(CC2(O)CCCCCc3c2nnn3CCO)cc1. The average Bonchev–Trinajstić information content (AvgIpc) is 2.97. The van der Waals surface area contributed by atoms with Crippen molar-refractivity contribution in [2.24, 2.45) is 0 Å². The Balaban J connectivity index is 1.92. The number of rotatable bonds is 5. The fraction of sp³-hybridized carbons (Fsp3) is 0.500. The van der Waals surface area contributed by atoms with Gasteiger partial charge in [0.05, 0.1) is 24.4 Å². The van der Waals surface area contributed by atoms with Crippen LogP contribution in [0.2, 0.25) is 0 Å². The highest BCUT2D eigenvalue weighted by atomic mass is 16.4. The molecular weight excluding hydrogens is 322 g/mol. The first kappa shape index (κ1) is 17.6. The molecule has 1 aliphatic carbocycles. The Kier molecular flexibility index (Phi) is 5.15. The highest BCUT2D eigenvalue weighted by molar-refractivity contribution is 5.87. The van der Waals surface area contributed by atoms with E-state index in [4.69, 9.17) is 5.11 Å². The highest BCUT2D eigenvalue weighted by Crippen LogP contribution is 2.35. The lowest BCUT2D eigenvalue weighted by atomic mass is 9.82. The fourth-order valence-electron chi connectivity index (χ4n) is 3.50. The molecule has 1 aliphatic rings. The number of aliphatic hydroxyl groups is 2. The average molecular weight is 345 g/mol. The Morgan fingerprint density at radius 3 is 2.64 bits per heavy atom. The van der Waals surface area contributed by atoms with E-state index in [0.29, 0.717) is 25.1 Å². The van der Waals surface area contributed by atoms with E-state index in [1.54, 1.807) is 28.9 Å². The second kappa shape index (κ2) is 7.33. The van der Waals surface area contributed by atoms with Crippen molar-refractivity contribution in [2.45, 2.75) is 50.7 Å². The number of fused-ring (bicyclic) bond motifs is 1. The van der Waals surface area contributed by atoms with Gasteiger partial charge in [-0.15, -0.1) is 5.10 Å². The van der Waals surface area contributed by atoms with E-state index in [2.05, 4.69) is 10.3 Å². The molecule has 2 aromatic rings. The Morgan fingerprint density at radius 1 is 1.20 bits per heavy atom. The largest absolute Gasteiger partial charge is 0.478 e. The van der Waals surface area contributed by atoms with Gasteiger partial charge in [-0.2, -0.15) is 0 Å². The van der Waals surface area contributed by atoms with Crippen molar-refractivity contribution < 1.29 is 20.1 Å². The smallest absolute Gasteiger partial charge is 0.335 e. The molecule has 7 heteroatoms. The van der Waals surface area contributed by atoms with Crippen molar-refractivity contribution in [3.8, 4) is 0 Å². The van der Waals surface area contributed by atoms with Gasteiger partial charge in [0.1, 0.15) is 11.3 Å². The molecule has 0 radical (unpaired) electrons. The van der Waals surface area contributed by atoms with E-state index < -0.39 is 11.6 Å². The number of aromatic carboxylic acids is 1. The van der Waals surface area contributed by atoms with Crippen molar-refractivity contribution in [2.75, 3.05) is 6.61 Å². The van der Waals surface area contributed by atoms with Crippen LogP contribution in [0.25, 0.3) is 0 Å². The first-order valence-corrected chi connectivity index (χ1v) is 8.62. The minimum Gasteiger partial charge on any atom is -0.478 e. The van der Waals surface area contributed by atoms with Gasteiger partial charge < -0.3 is 15.3 Å². The van der Waals surface area contributed by atoms with Gasteiger partial charge in [0.25, 0.3) is 0 Å². The van der Waals surface area contributed by atoms with E-state index in [-0.39, 0.29) is 12.2 Å². The van der Waals surface area contributed by atoms with Crippen molar-refractivity contribution in [3.05, 3.63) is 46.8 Å². The molecule has 0 amide bonds. The summed E-state index contributed by atoms with van der Waals surface area (Å²) in [6.07, 6.45) is 4.65. The summed E-state index contributed by atoms with van der Waals surface area (Å²) in [5.74, 6) is -0.967. The minimum absolute atomic E-state index is 0.0229. The number of aromatic nitrogens is 3. The van der Waals surface area contributed by atoms with Gasteiger partial charge in [0, 0.05) is 6.42 Å². The Morgan fingerprint density at radius 2 is 1.96 bits per heavy atom. The predicted octanol–water partition coefficient (Wildman–Crippen LogP) is 1.52. The second-order valence-electron chi connectivity index (χ2n) is 6.60. The van der Waals surface area contributed by atoms with Crippen LogP contribution in [0.15, 0.2) is 24.3 Å². The quantitative estimate of drug-likeness (QED) is 0.758. The molecule has 134 valence electrons. The summed E-state index contributed by atoms with van der Waals surface area (Å²) in [6.45, 7) is 0.344. The van der Waals surface area contributed by atoms with E-state index in [1.807, 2.05) is 0 Å². The molecule has 3 N–H and O–H groups in total. The zero-order valence-corrected chi connectivity index (χ0v) is 14.1. The van der Waals surface area contributed by atoms with Crippen LogP contribution in [0.1, 0.15) is 53.0 Å². The number of carbonyl (C=O) groups is 1. The summed E-state index contributed by atoms with van der Waals surface area (Å²) in [5.41, 5.74) is 1.42. The molecule has 0 spiro atoms. The van der Waals surface area contributed by atoms with Gasteiger partial charge in [-0.3, -0.25) is 0 Å². The van der Waals surface area contributed by atoms with Crippen LogP contribution >= 0.6 is 0 Å². The molecular formula is C18H23N3O4. The predicted molar refractivity (Wildman–Crippen MR) is 90.3 cm³/mol. The third kappa shape index (κ3) is 3.72. The molecule has 0 saturated carbocycles. The normalized spacial score (nSPS) is 20.6. The van der Waals surface area contributed by atoms with Crippen LogP contribution in [-0.2, 0) is 25.0 Å². The van der Waals surface area contributed by atoms with Gasteiger partial charge >= 0.3 is 5.97 Å². The highest BCUT2D eigenvalue weighted by Gasteiger charge is 2.36. The summed E-state index contributed by atoms with van der Waals surface area (Å²) >= 11 is 0. The fourth-order valence-corrected chi connectivity index (χ4v) is 3.50. The van der Waals surface area contributed by atoms with Crippen molar-refractivity contribution in [1.29, 1.82) is 0 Å². The van der Waals surface area contributed by atoms with E-state index >= 15 is 0 Å². The van der Waals surface area contributed by atoms with Gasteiger partial charge in [0.15, 0.2) is 0 Å². The molecule has 1 heterocycles. The van der Waals surface area contributed by atoms with E-state index in [0.717, 1.165) is 36.9 Å². The summed E-state index contributed by atoms with van der Waals surface area (Å²) < 4.78 is 1.68. The van der Waals surface area contributed by atoms with Gasteiger partial charge in [-0.1, -0.05) is 30.2 Å². The number of benzene rings is 1. The Bertz CT molecular complexity index is 741. The second-order valence-corrected chi connectivity index (χ2v) is 6.60. The monoisotopic (exact) mass is 345 g/mol. The Hall–Kier alpha value is -2.25.